The number of fused-ring (bicyclic) bond motifs is 1. The van der Waals surface area contributed by atoms with E-state index in [1.54, 1.807) is 44.4 Å². The lowest BCUT2D eigenvalue weighted by molar-refractivity contribution is -0.119. The maximum Gasteiger partial charge on any atom is 0.348 e. The van der Waals surface area contributed by atoms with Crippen molar-refractivity contribution in [3.63, 3.8) is 0 Å². The molecule has 0 aliphatic heterocycles. The first-order chi connectivity index (χ1) is 13.3. The van der Waals surface area contributed by atoms with Crippen molar-refractivity contribution < 1.29 is 23.5 Å². The molecule has 2 amide bonds. The summed E-state index contributed by atoms with van der Waals surface area (Å²) in [7, 11) is 3.30. The molecule has 0 fully saturated rings. The van der Waals surface area contributed by atoms with Crippen molar-refractivity contribution in [2.75, 3.05) is 26.0 Å². The number of hydrogen-bond acceptors (Lipinski definition) is 5. The quantitative estimate of drug-likeness (QED) is 0.665. The number of carbonyl (C=O) groups is 3. The van der Waals surface area contributed by atoms with Crippen LogP contribution >= 0.6 is 11.3 Å². The van der Waals surface area contributed by atoms with Crippen molar-refractivity contribution in [2.24, 2.45) is 0 Å². The van der Waals surface area contributed by atoms with Crippen LogP contribution in [0.25, 0.3) is 10.1 Å². The highest BCUT2D eigenvalue weighted by atomic mass is 32.1. The summed E-state index contributed by atoms with van der Waals surface area (Å²) in [6.07, 6.45) is 0. The van der Waals surface area contributed by atoms with Crippen LogP contribution in [0.15, 0.2) is 48.5 Å². The van der Waals surface area contributed by atoms with Gasteiger partial charge in [-0.15, -0.1) is 11.3 Å². The standard InChI is InChI=1S/C20H17FN2O4S/c1-23(2)19(25)12-3-6-15(7-4-12)22-18(24)11-27-20(26)17-10-13-9-14(21)5-8-16(13)28-17/h3-10H,11H2,1-2H3,(H,22,24). The SMILES string of the molecule is CN(C)C(=O)c1ccc(NC(=O)COC(=O)c2cc3cc(F)ccc3s2)cc1. The van der Waals surface area contributed by atoms with Crippen molar-refractivity contribution >= 4 is 44.9 Å². The van der Waals surface area contributed by atoms with Crippen molar-refractivity contribution in [3.05, 3.63) is 64.8 Å². The maximum absolute atomic E-state index is 13.2. The Hall–Kier alpha value is -3.26. The van der Waals surface area contributed by atoms with Gasteiger partial charge in [-0.3, -0.25) is 9.59 Å². The number of nitrogens with zero attached hydrogens (tertiary/aromatic N) is 1. The summed E-state index contributed by atoms with van der Waals surface area (Å²) in [6.45, 7) is -0.459. The minimum absolute atomic E-state index is 0.143. The lowest BCUT2D eigenvalue weighted by Crippen LogP contribution is -2.22. The molecule has 0 atom stereocenters. The molecule has 28 heavy (non-hydrogen) atoms. The third kappa shape index (κ3) is 4.52. The summed E-state index contributed by atoms with van der Waals surface area (Å²) in [6, 6.07) is 12.2. The molecular formula is C20H17FN2O4S. The zero-order valence-corrected chi connectivity index (χ0v) is 16.0. The van der Waals surface area contributed by atoms with Gasteiger partial charge < -0.3 is 15.0 Å². The fourth-order valence-electron chi connectivity index (χ4n) is 2.47. The average molecular weight is 400 g/mol. The number of thiophene rings is 1. The predicted molar refractivity (Wildman–Crippen MR) is 105 cm³/mol. The lowest BCUT2D eigenvalue weighted by Gasteiger charge is -2.11. The highest BCUT2D eigenvalue weighted by molar-refractivity contribution is 7.20. The number of halogens is 1. The van der Waals surface area contributed by atoms with Gasteiger partial charge >= 0.3 is 5.97 Å². The molecule has 0 radical (unpaired) electrons. The van der Waals surface area contributed by atoms with Crippen molar-refractivity contribution in [1.29, 1.82) is 0 Å². The van der Waals surface area contributed by atoms with Crippen LogP contribution in [-0.4, -0.2) is 43.4 Å². The summed E-state index contributed by atoms with van der Waals surface area (Å²) >= 11 is 1.17. The molecule has 1 heterocycles. The number of rotatable bonds is 5. The van der Waals surface area contributed by atoms with Crippen LogP contribution < -0.4 is 5.32 Å². The zero-order chi connectivity index (χ0) is 20.3. The summed E-state index contributed by atoms with van der Waals surface area (Å²) in [4.78, 5) is 37.7. The Balaban J connectivity index is 1.56. The number of amides is 2. The van der Waals surface area contributed by atoms with Crippen LogP contribution in [0.1, 0.15) is 20.0 Å². The molecule has 0 bridgehead atoms. The molecule has 1 N–H and O–H groups in total. The third-order valence-electron chi connectivity index (χ3n) is 3.84. The molecule has 3 rings (SSSR count). The molecule has 3 aromatic rings. The van der Waals surface area contributed by atoms with E-state index in [9.17, 15) is 18.8 Å². The molecular weight excluding hydrogens is 383 g/mol. The van der Waals surface area contributed by atoms with Gasteiger partial charge in [0, 0.05) is 30.0 Å². The number of ether oxygens (including phenoxy) is 1. The van der Waals surface area contributed by atoms with Gasteiger partial charge in [-0.25, -0.2) is 9.18 Å². The smallest absolute Gasteiger partial charge is 0.348 e. The van der Waals surface area contributed by atoms with E-state index < -0.39 is 18.5 Å². The Bertz CT molecular complexity index is 1040. The lowest BCUT2D eigenvalue weighted by atomic mass is 10.2. The molecule has 2 aromatic carbocycles. The molecule has 144 valence electrons. The largest absolute Gasteiger partial charge is 0.451 e. The van der Waals surface area contributed by atoms with Crippen LogP contribution in [0.3, 0.4) is 0 Å². The van der Waals surface area contributed by atoms with Crippen LogP contribution in [0, 0.1) is 5.82 Å². The van der Waals surface area contributed by atoms with Crippen LogP contribution in [0.4, 0.5) is 10.1 Å². The number of nitrogens with one attached hydrogen (secondary N) is 1. The van der Waals surface area contributed by atoms with E-state index in [4.69, 9.17) is 4.74 Å². The van der Waals surface area contributed by atoms with Gasteiger partial charge in [0.15, 0.2) is 6.61 Å². The van der Waals surface area contributed by atoms with E-state index in [-0.39, 0.29) is 11.7 Å². The maximum atomic E-state index is 13.2. The average Bonchev–Trinajstić information content (AvgIpc) is 3.09. The molecule has 0 aliphatic carbocycles. The van der Waals surface area contributed by atoms with Gasteiger partial charge in [0.1, 0.15) is 10.7 Å². The Labute approximate surface area is 164 Å². The second kappa shape index (κ2) is 8.18. The van der Waals surface area contributed by atoms with E-state index in [0.717, 1.165) is 4.70 Å². The number of anilines is 1. The second-order valence-electron chi connectivity index (χ2n) is 6.19. The molecule has 0 saturated carbocycles. The fourth-order valence-corrected chi connectivity index (χ4v) is 3.41. The summed E-state index contributed by atoms with van der Waals surface area (Å²) in [5, 5.41) is 3.20. The first-order valence-corrected chi connectivity index (χ1v) is 9.13. The van der Waals surface area contributed by atoms with E-state index in [2.05, 4.69) is 5.32 Å². The van der Waals surface area contributed by atoms with Crippen molar-refractivity contribution in [3.8, 4) is 0 Å². The summed E-state index contributed by atoms with van der Waals surface area (Å²) in [5.41, 5.74) is 0.976. The highest BCUT2D eigenvalue weighted by Gasteiger charge is 2.14. The summed E-state index contributed by atoms with van der Waals surface area (Å²) in [5.74, 6) is -1.69. The predicted octanol–water partition coefficient (Wildman–Crippen LogP) is 3.54. The van der Waals surface area contributed by atoms with E-state index in [0.29, 0.717) is 21.5 Å². The van der Waals surface area contributed by atoms with Gasteiger partial charge in [0.25, 0.3) is 11.8 Å². The van der Waals surface area contributed by atoms with Crippen LogP contribution in [-0.2, 0) is 9.53 Å². The first-order valence-electron chi connectivity index (χ1n) is 8.31. The molecule has 0 unspecified atom stereocenters. The van der Waals surface area contributed by atoms with Crippen molar-refractivity contribution in [2.45, 2.75) is 0 Å². The van der Waals surface area contributed by atoms with Gasteiger partial charge in [-0.1, -0.05) is 0 Å². The molecule has 6 nitrogen and oxygen atoms in total. The fraction of sp³-hybridized carbons (Fsp3) is 0.150. The first kappa shape index (κ1) is 19.5. The highest BCUT2D eigenvalue weighted by Crippen LogP contribution is 2.26. The van der Waals surface area contributed by atoms with Gasteiger partial charge in [0.05, 0.1) is 0 Å². The molecule has 8 heteroatoms. The van der Waals surface area contributed by atoms with Crippen molar-refractivity contribution in [1.82, 2.24) is 4.90 Å². The van der Waals surface area contributed by atoms with E-state index in [1.807, 2.05) is 0 Å². The van der Waals surface area contributed by atoms with E-state index >= 15 is 0 Å². The minimum atomic E-state index is -0.649. The van der Waals surface area contributed by atoms with Gasteiger partial charge in [0.2, 0.25) is 0 Å². The topological polar surface area (TPSA) is 75.7 Å². The van der Waals surface area contributed by atoms with Gasteiger partial charge in [-0.05, 0) is 53.9 Å². The molecule has 0 aliphatic rings. The third-order valence-corrected chi connectivity index (χ3v) is 4.93. The summed E-state index contributed by atoms with van der Waals surface area (Å²) < 4.78 is 19.0. The number of hydrogen-bond donors (Lipinski definition) is 1. The molecule has 1 aromatic heterocycles. The Morgan fingerprint density at radius 3 is 2.46 bits per heavy atom. The Kier molecular flexibility index (Phi) is 5.70. The van der Waals surface area contributed by atoms with Crippen LogP contribution in [0.5, 0.6) is 0 Å². The van der Waals surface area contributed by atoms with E-state index in [1.165, 1.54) is 34.4 Å². The Morgan fingerprint density at radius 2 is 1.79 bits per heavy atom. The number of carbonyl (C=O) groups excluding carboxylic acids is 3. The van der Waals surface area contributed by atoms with Gasteiger partial charge in [-0.2, -0.15) is 0 Å². The number of benzene rings is 2. The molecule has 0 spiro atoms. The normalized spacial score (nSPS) is 10.5. The number of esters is 1. The van der Waals surface area contributed by atoms with Crippen LogP contribution in [0.2, 0.25) is 0 Å². The second-order valence-corrected chi connectivity index (χ2v) is 7.28. The zero-order valence-electron chi connectivity index (χ0n) is 15.2. The monoisotopic (exact) mass is 400 g/mol. The minimum Gasteiger partial charge on any atom is -0.451 e. The Morgan fingerprint density at radius 1 is 1.07 bits per heavy atom. The molecule has 0 saturated heterocycles.